The molecular formula is C18H34N2O3S. The number of hydrogen-bond acceptors (Lipinski definition) is 4. The van der Waals surface area contributed by atoms with Crippen molar-refractivity contribution in [1.29, 1.82) is 0 Å². The van der Waals surface area contributed by atoms with E-state index < -0.39 is 9.84 Å². The summed E-state index contributed by atoms with van der Waals surface area (Å²) >= 11 is 0. The van der Waals surface area contributed by atoms with Gasteiger partial charge < -0.3 is 4.90 Å². The summed E-state index contributed by atoms with van der Waals surface area (Å²) in [6.45, 7) is 3.35. The average molecular weight is 359 g/mol. The SMILES string of the molecule is CCCCN(C(=O)CN(C)[C@H]1CCS(=O)(=O)C1)C1CCCCCC1. The fourth-order valence-corrected chi connectivity index (χ4v) is 5.77. The molecular weight excluding hydrogens is 324 g/mol. The fraction of sp³-hybridized carbons (Fsp3) is 0.944. The fourth-order valence-electron chi connectivity index (χ4n) is 3.97. The summed E-state index contributed by atoms with van der Waals surface area (Å²) in [6.07, 6.45) is 10.0. The van der Waals surface area contributed by atoms with Gasteiger partial charge in [-0.05, 0) is 32.7 Å². The molecule has 1 atom stereocenters. The maximum absolute atomic E-state index is 12.9. The predicted octanol–water partition coefficient (Wildman–Crippen LogP) is 2.46. The minimum Gasteiger partial charge on any atom is -0.339 e. The number of unbranched alkanes of at least 4 members (excludes halogenated alkanes) is 1. The van der Waals surface area contributed by atoms with Gasteiger partial charge in [0, 0.05) is 18.6 Å². The summed E-state index contributed by atoms with van der Waals surface area (Å²) in [5, 5.41) is 0. The summed E-state index contributed by atoms with van der Waals surface area (Å²) < 4.78 is 23.3. The van der Waals surface area contributed by atoms with Crippen LogP contribution in [0.3, 0.4) is 0 Å². The number of likely N-dealkylation sites (N-methyl/N-ethyl adjacent to an activating group) is 1. The molecule has 0 aromatic rings. The second-order valence-electron chi connectivity index (χ2n) is 7.56. The quantitative estimate of drug-likeness (QED) is 0.656. The number of rotatable bonds is 7. The van der Waals surface area contributed by atoms with E-state index in [1.165, 1.54) is 25.7 Å². The van der Waals surface area contributed by atoms with E-state index in [0.29, 0.717) is 19.0 Å². The Kier molecular flexibility index (Phi) is 7.54. The predicted molar refractivity (Wildman–Crippen MR) is 97.8 cm³/mol. The zero-order chi connectivity index (χ0) is 17.6. The monoisotopic (exact) mass is 358 g/mol. The number of carbonyl (C=O) groups excluding carboxylic acids is 1. The third-order valence-electron chi connectivity index (χ3n) is 5.55. The Morgan fingerprint density at radius 1 is 1.04 bits per heavy atom. The molecule has 0 bridgehead atoms. The molecule has 0 radical (unpaired) electrons. The summed E-state index contributed by atoms with van der Waals surface area (Å²) in [5.41, 5.74) is 0. The standard InChI is InChI=1S/C18H34N2O3S/c1-3-4-12-20(16-9-7-5-6-8-10-16)18(21)14-19(2)17-11-13-24(22,23)15-17/h16-17H,3-15H2,1-2H3/t17-/m0/s1. The molecule has 2 rings (SSSR count). The first-order valence-corrected chi connectivity index (χ1v) is 11.4. The zero-order valence-electron chi connectivity index (χ0n) is 15.4. The lowest BCUT2D eigenvalue weighted by Crippen LogP contribution is -2.47. The Morgan fingerprint density at radius 3 is 2.25 bits per heavy atom. The van der Waals surface area contributed by atoms with Crippen LogP contribution in [0.25, 0.3) is 0 Å². The van der Waals surface area contributed by atoms with Crippen molar-refractivity contribution < 1.29 is 13.2 Å². The van der Waals surface area contributed by atoms with Crippen LogP contribution in [-0.4, -0.2) is 67.9 Å². The normalized spacial score (nSPS) is 24.9. The molecule has 0 N–H and O–H groups in total. The lowest BCUT2D eigenvalue weighted by atomic mass is 10.1. The van der Waals surface area contributed by atoms with Crippen LogP contribution in [0.2, 0.25) is 0 Å². The molecule has 5 nitrogen and oxygen atoms in total. The van der Waals surface area contributed by atoms with Crippen molar-refractivity contribution in [3.8, 4) is 0 Å². The molecule has 0 unspecified atom stereocenters. The average Bonchev–Trinajstić information content (AvgIpc) is 2.74. The van der Waals surface area contributed by atoms with E-state index >= 15 is 0 Å². The second-order valence-corrected chi connectivity index (χ2v) is 9.79. The summed E-state index contributed by atoms with van der Waals surface area (Å²) in [7, 11) is -1.01. The van der Waals surface area contributed by atoms with E-state index in [1.807, 2.05) is 11.9 Å². The van der Waals surface area contributed by atoms with Gasteiger partial charge in [0.05, 0.1) is 18.1 Å². The van der Waals surface area contributed by atoms with E-state index in [0.717, 1.165) is 32.2 Å². The van der Waals surface area contributed by atoms with Gasteiger partial charge >= 0.3 is 0 Å². The molecule has 1 saturated heterocycles. The highest BCUT2D eigenvalue weighted by molar-refractivity contribution is 7.91. The number of sulfone groups is 1. The Morgan fingerprint density at radius 2 is 1.71 bits per heavy atom. The first-order chi connectivity index (χ1) is 11.4. The van der Waals surface area contributed by atoms with Crippen LogP contribution >= 0.6 is 0 Å². The van der Waals surface area contributed by atoms with Gasteiger partial charge in [0.15, 0.2) is 9.84 Å². The molecule has 140 valence electrons. The topological polar surface area (TPSA) is 57.7 Å². The summed E-state index contributed by atoms with van der Waals surface area (Å²) in [6, 6.07) is 0.383. The number of nitrogens with zero attached hydrogens (tertiary/aromatic N) is 2. The van der Waals surface area contributed by atoms with Crippen molar-refractivity contribution in [2.75, 3.05) is 31.6 Å². The molecule has 2 fully saturated rings. The van der Waals surface area contributed by atoms with Crippen molar-refractivity contribution in [2.24, 2.45) is 0 Å². The van der Waals surface area contributed by atoms with Gasteiger partial charge in [-0.25, -0.2) is 8.42 Å². The third-order valence-corrected chi connectivity index (χ3v) is 7.31. The first kappa shape index (κ1) is 19.7. The van der Waals surface area contributed by atoms with E-state index in [9.17, 15) is 13.2 Å². The van der Waals surface area contributed by atoms with Gasteiger partial charge in [0.25, 0.3) is 0 Å². The zero-order valence-corrected chi connectivity index (χ0v) is 16.2. The van der Waals surface area contributed by atoms with Crippen molar-refractivity contribution in [2.45, 2.75) is 76.8 Å². The highest BCUT2D eigenvalue weighted by atomic mass is 32.2. The van der Waals surface area contributed by atoms with Gasteiger partial charge in [0.2, 0.25) is 5.91 Å². The molecule has 1 heterocycles. The largest absolute Gasteiger partial charge is 0.339 e. The van der Waals surface area contributed by atoms with E-state index in [-0.39, 0.29) is 23.5 Å². The summed E-state index contributed by atoms with van der Waals surface area (Å²) in [5.74, 6) is 0.648. The van der Waals surface area contributed by atoms with E-state index in [4.69, 9.17) is 0 Å². The maximum atomic E-state index is 12.9. The Balaban J connectivity index is 1.95. The molecule has 1 aliphatic carbocycles. The van der Waals surface area contributed by atoms with Crippen LogP contribution in [0.4, 0.5) is 0 Å². The molecule has 1 aliphatic heterocycles. The van der Waals surface area contributed by atoms with Crippen molar-refractivity contribution in [3.05, 3.63) is 0 Å². The van der Waals surface area contributed by atoms with Crippen LogP contribution in [0.5, 0.6) is 0 Å². The Bertz CT molecular complexity index is 498. The Labute approximate surface area is 147 Å². The third kappa shape index (κ3) is 5.73. The van der Waals surface area contributed by atoms with E-state index in [2.05, 4.69) is 11.8 Å². The molecule has 6 heteroatoms. The van der Waals surface area contributed by atoms with Gasteiger partial charge in [-0.2, -0.15) is 0 Å². The van der Waals surface area contributed by atoms with Crippen LogP contribution in [0, 0.1) is 0 Å². The minimum atomic E-state index is -2.90. The van der Waals surface area contributed by atoms with Gasteiger partial charge in [-0.3, -0.25) is 9.69 Å². The molecule has 1 amide bonds. The molecule has 0 aromatic carbocycles. The second kappa shape index (κ2) is 9.18. The van der Waals surface area contributed by atoms with Crippen molar-refractivity contribution >= 4 is 15.7 Å². The van der Waals surface area contributed by atoms with Gasteiger partial charge in [0.1, 0.15) is 0 Å². The number of amides is 1. The summed E-state index contributed by atoms with van der Waals surface area (Å²) in [4.78, 5) is 17.0. The number of carbonyl (C=O) groups is 1. The van der Waals surface area contributed by atoms with Crippen LogP contribution in [0.1, 0.15) is 64.7 Å². The highest BCUT2D eigenvalue weighted by Gasteiger charge is 2.32. The minimum absolute atomic E-state index is 0.00103. The van der Waals surface area contributed by atoms with Crippen LogP contribution in [0.15, 0.2) is 0 Å². The maximum Gasteiger partial charge on any atom is 0.236 e. The first-order valence-electron chi connectivity index (χ1n) is 9.63. The molecule has 2 aliphatic rings. The molecule has 24 heavy (non-hydrogen) atoms. The van der Waals surface area contributed by atoms with Crippen LogP contribution in [-0.2, 0) is 14.6 Å². The van der Waals surface area contributed by atoms with Crippen LogP contribution < -0.4 is 0 Å². The van der Waals surface area contributed by atoms with Crippen molar-refractivity contribution in [3.63, 3.8) is 0 Å². The lowest BCUT2D eigenvalue weighted by Gasteiger charge is -2.34. The van der Waals surface area contributed by atoms with E-state index in [1.54, 1.807) is 0 Å². The smallest absolute Gasteiger partial charge is 0.236 e. The highest BCUT2D eigenvalue weighted by Crippen LogP contribution is 2.23. The molecule has 0 spiro atoms. The molecule has 0 aromatic heterocycles. The van der Waals surface area contributed by atoms with Gasteiger partial charge in [-0.1, -0.05) is 39.0 Å². The molecule has 1 saturated carbocycles. The van der Waals surface area contributed by atoms with Crippen molar-refractivity contribution in [1.82, 2.24) is 9.80 Å². The number of hydrogen-bond donors (Lipinski definition) is 0. The Hall–Kier alpha value is -0.620. The van der Waals surface area contributed by atoms with Gasteiger partial charge in [-0.15, -0.1) is 0 Å². The lowest BCUT2D eigenvalue weighted by molar-refractivity contribution is -0.135.